The highest BCUT2D eigenvalue weighted by Gasteiger charge is 2.36. The molecule has 2 amide bonds. The van der Waals surface area contributed by atoms with Crippen LogP contribution in [0, 0.1) is 5.92 Å². The Balaban J connectivity index is 1.51. The lowest BCUT2D eigenvalue weighted by Crippen LogP contribution is -2.44. The standard InChI is InChI=1S/C14H20N4O3/c1-20-14-15-6-4-12(18-14)17-13(19)16-10-5-7-21-11(8-10)9-2-3-9/h4,6,9-11H,2-3,5,7-8H2,1H3,(H2,15,16,17,18,19)/t10-,11+/m1/s1. The molecule has 7 heteroatoms. The van der Waals surface area contributed by atoms with Crippen molar-refractivity contribution in [1.29, 1.82) is 0 Å². The zero-order chi connectivity index (χ0) is 14.7. The van der Waals surface area contributed by atoms with Gasteiger partial charge < -0.3 is 14.8 Å². The van der Waals surface area contributed by atoms with Gasteiger partial charge in [0, 0.05) is 18.8 Å². The zero-order valence-electron chi connectivity index (χ0n) is 12.0. The van der Waals surface area contributed by atoms with Crippen molar-refractivity contribution < 1.29 is 14.3 Å². The number of carbonyl (C=O) groups is 1. The molecule has 0 bridgehead atoms. The normalized spacial score (nSPS) is 25.2. The van der Waals surface area contributed by atoms with E-state index in [2.05, 4.69) is 20.6 Å². The molecule has 2 fully saturated rings. The van der Waals surface area contributed by atoms with Crippen LogP contribution in [-0.4, -0.2) is 41.9 Å². The molecule has 3 rings (SSSR count). The number of carbonyl (C=O) groups excluding carboxylic acids is 1. The lowest BCUT2D eigenvalue weighted by atomic mass is 10.0. The molecule has 2 N–H and O–H groups in total. The Kier molecular flexibility index (Phi) is 4.19. The molecule has 2 atom stereocenters. The first kappa shape index (κ1) is 14.1. The minimum Gasteiger partial charge on any atom is -0.467 e. The second-order valence-electron chi connectivity index (χ2n) is 5.50. The summed E-state index contributed by atoms with van der Waals surface area (Å²) in [4.78, 5) is 20.0. The maximum absolute atomic E-state index is 12.0. The first-order valence-electron chi connectivity index (χ1n) is 7.31. The predicted molar refractivity (Wildman–Crippen MR) is 76.2 cm³/mol. The van der Waals surface area contributed by atoms with Crippen molar-refractivity contribution in [3.8, 4) is 6.01 Å². The Labute approximate surface area is 123 Å². The van der Waals surface area contributed by atoms with Crippen molar-refractivity contribution in [1.82, 2.24) is 15.3 Å². The van der Waals surface area contributed by atoms with E-state index >= 15 is 0 Å². The van der Waals surface area contributed by atoms with Gasteiger partial charge in [0.2, 0.25) is 0 Å². The molecule has 1 saturated carbocycles. The van der Waals surface area contributed by atoms with Crippen LogP contribution in [0.3, 0.4) is 0 Å². The molecule has 7 nitrogen and oxygen atoms in total. The molecular formula is C14H20N4O3. The molecular weight excluding hydrogens is 272 g/mol. The van der Waals surface area contributed by atoms with Gasteiger partial charge in [-0.1, -0.05) is 0 Å². The van der Waals surface area contributed by atoms with Crippen molar-refractivity contribution in [2.75, 3.05) is 19.0 Å². The highest BCUT2D eigenvalue weighted by Crippen LogP contribution is 2.38. The van der Waals surface area contributed by atoms with Crippen LogP contribution in [-0.2, 0) is 4.74 Å². The number of hydrogen-bond acceptors (Lipinski definition) is 5. The topological polar surface area (TPSA) is 85.4 Å². The second kappa shape index (κ2) is 6.26. The smallest absolute Gasteiger partial charge is 0.320 e. The number of urea groups is 1. The summed E-state index contributed by atoms with van der Waals surface area (Å²) in [5.74, 6) is 1.12. The van der Waals surface area contributed by atoms with Gasteiger partial charge in [-0.2, -0.15) is 4.98 Å². The van der Waals surface area contributed by atoms with Gasteiger partial charge in [-0.25, -0.2) is 9.78 Å². The lowest BCUT2D eigenvalue weighted by Gasteiger charge is -2.30. The molecule has 1 aliphatic heterocycles. The van der Waals surface area contributed by atoms with E-state index in [0.29, 0.717) is 24.4 Å². The third-order valence-electron chi connectivity index (χ3n) is 3.86. The van der Waals surface area contributed by atoms with Crippen LogP contribution in [0.1, 0.15) is 25.7 Å². The second-order valence-corrected chi connectivity index (χ2v) is 5.50. The van der Waals surface area contributed by atoms with Crippen molar-refractivity contribution in [2.24, 2.45) is 5.92 Å². The first-order valence-corrected chi connectivity index (χ1v) is 7.31. The summed E-state index contributed by atoms with van der Waals surface area (Å²) in [6.45, 7) is 0.716. The van der Waals surface area contributed by atoms with Gasteiger partial charge in [-0.15, -0.1) is 0 Å². The minimum absolute atomic E-state index is 0.160. The Morgan fingerprint density at radius 1 is 1.43 bits per heavy atom. The molecule has 114 valence electrons. The van der Waals surface area contributed by atoms with E-state index in [1.807, 2.05) is 0 Å². The molecule has 0 unspecified atom stereocenters. The van der Waals surface area contributed by atoms with E-state index in [1.165, 1.54) is 20.0 Å². The Morgan fingerprint density at radius 2 is 2.29 bits per heavy atom. The number of amides is 2. The van der Waals surface area contributed by atoms with Crippen LogP contribution in [0.2, 0.25) is 0 Å². The van der Waals surface area contributed by atoms with Gasteiger partial charge in [-0.3, -0.25) is 5.32 Å². The van der Waals surface area contributed by atoms with E-state index in [1.54, 1.807) is 12.3 Å². The summed E-state index contributed by atoms with van der Waals surface area (Å²) < 4.78 is 10.7. The monoisotopic (exact) mass is 292 g/mol. The van der Waals surface area contributed by atoms with Gasteiger partial charge in [-0.05, 0) is 37.7 Å². The largest absolute Gasteiger partial charge is 0.467 e. The van der Waals surface area contributed by atoms with E-state index in [4.69, 9.17) is 9.47 Å². The number of hydrogen-bond donors (Lipinski definition) is 2. The highest BCUT2D eigenvalue weighted by molar-refractivity contribution is 5.88. The molecule has 2 aliphatic rings. The van der Waals surface area contributed by atoms with Gasteiger partial charge in [0.25, 0.3) is 0 Å². The van der Waals surface area contributed by atoms with Gasteiger partial charge in [0.05, 0.1) is 13.2 Å². The molecule has 2 heterocycles. The van der Waals surface area contributed by atoms with Crippen LogP contribution >= 0.6 is 0 Å². The molecule has 0 aromatic carbocycles. The summed E-state index contributed by atoms with van der Waals surface area (Å²) in [6, 6.07) is 1.76. The molecule has 1 aromatic rings. The number of rotatable bonds is 4. The fourth-order valence-electron chi connectivity index (χ4n) is 2.60. The Hall–Kier alpha value is -1.89. The minimum atomic E-state index is -0.253. The SMILES string of the molecule is COc1nccc(NC(=O)N[C@@H]2CCO[C@H](C3CC3)C2)n1. The average molecular weight is 292 g/mol. The molecule has 0 spiro atoms. The fraction of sp³-hybridized carbons (Fsp3) is 0.643. The zero-order valence-corrected chi connectivity index (χ0v) is 12.0. The number of nitrogens with zero attached hydrogens (tertiary/aromatic N) is 2. The van der Waals surface area contributed by atoms with Crippen LogP contribution < -0.4 is 15.4 Å². The molecule has 1 saturated heterocycles. The number of aromatic nitrogens is 2. The van der Waals surface area contributed by atoms with Crippen molar-refractivity contribution in [3.05, 3.63) is 12.3 Å². The Bertz CT molecular complexity index is 507. The summed E-state index contributed by atoms with van der Waals surface area (Å²) in [7, 11) is 1.49. The number of anilines is 1. The van der Waals surface area contributed by atoms with E-state index < -0.39 is 0 Å². The number of nitrogens with one attached hydrogen (secondary N) is 2. The molecule has 1 aromatic heterocycles. The average Bonchev–Trinajstić information content (AvgIpc) is 3.32. The molecule has 21 heavy (non-hydrogen) atoms. The van der Waals surface area contributed by atoms with Crippen LogP contribution in [0.25, 0.3) is 0 Å². The third kappa shape index (κ3) is 3.81. The summed E-state index contributed by atoms with van der Waals surface area (Å²) in [6.07, 6.45) is 6.10. The summed E-state index contributed by atoms with van der Waals surface area (Å²) >= 11 is 0. The van der Waals surface area contributed by atoms with E-state index in [-0.39, 0.29) is 18.1 Å². The van der Waals surface area contributed by atoms with Crippen LogP contribution in [0.4, 0.5) is 10.6 Å². The summed E-state index contributed by atoms with van der Waals surface area (Å²) in [5.41, 5.74) is 0. The van der Waals surface area contributed by atoms with E-state index in [0.717, 1.165) is 12.8 Å². The quantitative estimate of drug-likeness (QED) is 0.879. The molecule has 0 radical (unpaired) electrons. The van der Waals surface area contributed by atoms with Crippen molar-refractivity contribution in [3.63, 3.8) is 0 Å². The number of ether oxygens (including phenoxy) is 2. The number of methoxy groups -OCH3 is 1. The third-order valence-corrected chi connectivity index (χ3v) is 3.86. The van der Waals surface area contributed by atoms with Crippen molar-refractivity contribution >= 4 is 11.8 Å². The lowest BCUT2D eigenvalue weighted by molar-refractivity contribution is -0.00889. The predicted octanol–water partition coefficient (Wildman–Crippen LogP) is 1.56. The molecule has 1 aliphatic carbocycles. The van der Waals surface area contributed by atoms with Crippen LogP contribution in [0.15, 0.2) is 12.3 Å². The van der Waals surface area contributed by atoms with Gasteiger partial charge >= 0.3 is 12.0 Å². The maximum Gasteiger partial charge on any atom is 0.320 e. The van der Waals surface area contributed by atoms with E-state index in [9.17, 15) is 4.79 Å². The van der Waals surface area contributed by atoms with Gasteiger partial charge in [0.15, 0.2) is 0 Å². The maximum atomic E-state index is 12.0. The van der Waals surface area contributed by atoms with Gasteiger partial charge in [0.1, 0.15) is 5.82 Å². The van der Waals surface area contributed by atoms with Crippen molar-refractivity contribution in [2.45, 2.75) is 37.8 Å². The Morgan fingerprint density at radius 3 is 3.05 bits per heavy atom. The summed E-state index contributed by atoms with van der Waals surface area (Å²) in [5, 5.41) is 5.69. The first-order chi connectivity index (χ1) is 10.2. The van der Waals surface area contributed by atoms with Crippen LogP contribution in [0.5, 0.6) is 6.01 Å². The fourth-order valence-corrected chi connectivity index (χ4v) is 2.60. The highest BCUT2D eigenvalue weighted by atomic mass is 16.5.